The Morgan fingerprint density at radius 2 is 2.11 bits per heavy atom. The van der Waals surface area contributed by atoms with Crippen molar-refractivity contribution >= 4 is 5.91 Å². The first kappa shape index (κ1) is 14.9. The summed E-state index contributed by atoms with van der Waals surface area (Å²) in [5.41, 5.74) is 0.493. The number of hydrogen-bond acceptors (Lipinski definition) is 3. The Kier molecular flexibility index (Phi) is 5.74. The van der Waals surface area contributed by atoms with Crippen LogP contribution in [0.3, 0.4) is 0 Å². The zero-order valence-electron chi connectivity index (χ0n) is 11.6. The van der Waals surface area contributed by atoms with E-state index in [1.54, 1.807) is 30.2 Å². The van der Waals surface area contributed by atoms with E-state index in [1.165, 1.54) is 7.11 Å². The third kappa shape index (κ3) is 3.65. The van der Waals surface area contributed by atoms with E-state index >= 15 is 0 Å². The average molecular weight is 261 g/mol. The molecule has 0 aliphatic heterocycles. The van der Waals surface area contributed by atoms with Crippen LogP contribution >= 0.6 is 0 Å². The standard InChI is InChI=1S/C15H19NO3/c1-5-9-16(10-6-2)15(17)13-8-7-12(18-3)11-14(13)19-4/h1,7-8,11H,6,9-10H2,2-4H3. The van der Waals surface area contributed by atoms with Gasteiger partial charge in [-0.05, 0) is 18.6 Å². The number of benzene rings is 1. The lowest BCUT2D eigenvalue weighted by atomic mass is 10.1. The second kappa shape index (κ2) is 7.32. The van der Waals surface area contributed by atoms with E-state index in [-0.39, 0.29) is 5.91 Å². The van der Waals surface area contributed by atoms with Gasteiger partial charge in [0.15, 0.2) is 0 Å². The lowest BCUT2D eigenvalue weighted by molar-refractivity contribution is 0.0773. The number of amides is 1. The lowest BCUT2D eigenvalue weighted by Crippen LogP contribution is -2.32. The van der Waals surface area contributed by atoms with Crippen LogP contribution in [0.15, 0.2) is 18.2 Å². The van der Waals surface area contributed by atoms with Gasteiger partial charge in [-0.15, -0.1) is 6.42 Å². The van der Waals surface area contributed by atoms with Gasteiger partial charge < -0.3 is 14.4 Å². The fourth-order valence-electron chi connectivity index (χ4n) is 1.78. The third-order valence-corrected chi connectivity index (χ3v) is 2.70. The van der Waals surface area contributed by atoms with Crippen LogP contribution in [0.4, 0.5) is 0 Å². The molecule has 0 saturated carbocycles. The predicted octanol–water partition coefficient (Wildman–Crippen LogP) is 2.19. The highest BCUT2D eigenvalue weighted by molar-refractivity contribution is 5.97. The van der Waals surface area contributed by atoms with Crippen LogP contribution in [0.5, 0.6) is 11.5 Å². The molecular formula is C15H19NO3. The Morgan fingerprint density at radius 3 is 2.63 bits per heavy atom. The van der Waals surface area contributed by atoms with Gasteiger partial charge in [-0.3, -0.25) is 4.79 Å². The topological polar surface area (TPSA) is 38.8 Å². The average Bonchev–Trinajstić information content (AvgIpc) is 2.45. The van der Waals surface area contributed by atoms with Crippen LogP contribution in [0.1, 0.15) is 23.7 Å². The molecule has 102 valence electrons. The van der Waals surface area contributed by atoms with Crippen molar-refractivity contribution in [2.45, 2.75) is 13.3 Å². The van der Waals surface area contributed by atoms with E-state index in [1.807, 2.05) is 6.92 Å². The molecule has 1 amide bonds. The number of rotatable bonds is 6. The molecule has 0 aliphatic rings. The van der Waals surface area contributed by atoms with E-state index in [9.17, 15) is 4.79 Å². The molecule has 0 aromatic heterocycles. The first-order valence-electron chi connectivity index (χ1n) is 6.12. The predicted molar refractivity (Wildman–Crippen MR) is 74.6 cm³/mol. The molecule has 0 atom stereocenters. The maximum absolute atomic E-state index is 12.4. The Labute approximate surface area is 114 Å². The highest BCUT2D eigenvalue weighted by Gasteiger charge is 2.18. The Morgan fingerprint density at radius 1 is 1.37 bits per heavy atom. The van der Waals surface area contributed by atoms with Gasteiger partial charge in [0, 0.05) is 12.6 Å². The van der Waals surface area contributed by atoms with Crippen LogP contribution < -0.4 is 9.47 Å². The van der Waals surface area contributed by atoms with Gasteiger partial charge in [-0.2, -0.15) is 0 Å². The van der Waals surface area contributed by atoms with Gasteiger partial charge in [-0.25, -0.2) is 0 Å². The molecule has 0 aliphatic carbocycles. The normalized spacial score (nSPS) is 9.58. The molecule has 0 N–H and O–H groups in total. The molecular weight excluding hydrogens is 242 g/mol. The number of hydrogen-bond donors (Lipinski definition) is 0. The van der Waals surface area contributed by atoms with E-state index in [4.69, 9.17) is 15.9 Å². The SMILES string of the molecule is C#CCN(CCC)C(=O)c1ccc(OC)cc1OC. The highest BCUT2D eigenvalue weighted by atomic mass is 16.5. The summed E-state index contributed by atoms with van der Waals surface area (Å²) in [4.78, 5) is 14.0. The first-order valence-corrected chi connectivity index (χ1v) is 6.12. The maximum Gasteiger partial charge on any atom is 0.258 e. The molecule has 4 nitrogen and oxygen atoms in total. The van der Waals surface area contributed by atoms with Crippen molar-refractivity contribution in [3.05, 3.63) is 23.8 Å². The van der Waals surface area contributed by atoms with Gasteiger partial charge in [0.2, 0.25) is 0 Å². The molecule has 0 radical (unpaired) electrons. The molecule has 19 heavy (non-hydrogen) atoms. The number of carbonyl (C=O) groups is 1. The number of nitrogens with zero attached hydrogens (tertiary/aromatic N) is 1. The minimum atomic E-state index is -0.126. The second-order valence-corrected chi connectivity index (χ2v) is 4.00. The van der Waals surface area contributed by atoms with Crippen LogP contribution in [-0.2, 0) is 0 Å². The third-order valence-electron chi connectivity index (χ3n) is 2.70. The maximum atomic E-state index is 12.4. The minimum absolute atomic E-state index is 0.126. The minimum Gasteiger partial charge on any atom is -0.497 e. The molecule has 0 fully saturated rings. The number of carbonyl (C=O) groups excluding carboxylic acids is 1. The second-order valence-electron chi connectivity index (χ2n) is 4.00. The van der Waals surface area contributed by atoms with Crippen molar-refractivity contribution in [3.63, 3.8) is 0 Å². The number of methoxy groups -OCH3 is 2. The summed E-state index contributed by atoms with van der Waals surface area (Å²) in [5, 5.41) is 0. The zero-order chi connectivity index (χ0) is 14.3. The van der Waals surface area contributed by atoms with Crippen LogP contribution in [0, 0.1) is 12.3 Å². The summed E-state index contributed by atoms with van der Waals surface area (Å²) in [6.45, 7) is 2.92. The largest absolute Gasteiger partial charge is 0.497 e. The smallest absolute Gasteiger partial charge is 0.258 e. The molecule has 1 aromatic rings. The van der Waals surface area contributed by atoms with Gasteiger partial charge in [-0.1, -0.05) is 12.8 Å². The number of terminal acetylenes is 1. The van der Waals surface area contributed by atoms with Crippen molar-refractivity contribution in [3.8, 4) is 23.8 Å². The molecule has 0 bridgehead atoms. The van der Waals surface area contributed by atoms with Crippen molar-refractivity contribution in [1.29, 1.82) is 0 Å². The zero-order valence-corrected chi connectivity index (χ0v) is 11.6. The lowest BCUT2D eigenvalue weighted by Gasteiger charge is -2.20. The van der Waals surface area contributed by atoms with E-state index in [0.717, 1.165) is 6.42 Å². The van der Waals surface area contributed by atoms with Crippen LogP contribution in [0.25, 0.3) is 0 Å². The molecule has 0 spiro atoms. The quantitative estimate of drug-likeness (QED) is 0.737. The van der Waals surface area contributed by atoms with Crippen molar-refractivity contribution < 1.29 is 14.3 Å². The summed E-state index contributed by atoms with van der Waals surface area (Å²) in [7, 11) is 3.09. The van der Waals surface area contributed by atoms with Crippen molar-refractivity contribution in [1.82, 2.24) is 4.90 Å². The first-order chi connectivity index (χ1) is 9.17. The van der Waals surface area contributed by atoms with E-state index in [0.29, 0.717) is 30.2 Å². The van der Waals surface area contributed by atoms with Crippen LogP contribution in [0.2, 0.25) is 0 Å². The Bertz CT molecular complexity index is 477. The van der Waals surface area contributed by atoms with Crippen molar-refractivity contribution in [2.24, 2.45) is 0 Å². The van der Waals surface area contributed by atoms with Crippen LogP contribution in [-0.4, -0.2) is 38.1 Å². The molecule has 1 rings (SSSR count). The summed E-state index contributed by atoms with van der Waals surface area (Å²) >= 11 is 0. The summed E-state index contributed by atoms with van der Waals surface area (Å²) in [5.74, 6) is 3.51. The molecule has 4 heteroatoms. The van der Waals surface area contributed by atoms with Gasteiger partial charge in [0.1, 0.15) is 11.5 Å². The van der Waals surface area contributed by atoms with E-state index < -0.39 is 0 Å². The fraction of sp³-hybridized carbons (Fsp3) is 0.400. The highest BCUT2D eigenvalue weighted by Crippen LogP contribution is 2.25. The summed E-state index contributed by atoms with van der Waals surface area (Å²) in [6, 6.07) is 5.11. The molecule has 1 aromatic carbocycles. The number of ether oxygens (including phenoxy) is 2. The van der Waals surface area contributed by atoms with Gasteiger partial charge in [0.25, 0.3) is 5.91 Å². The Hall–Kier alpha value is -2.15. The Balaban J connectivity index is 3.06. The summed E-state index contributed by atoms with van der Waals surface area (Å²) in [6.07, 6.45) is 6.15. The van der Waals surface area contributed by atoms with E-state index in [2.05, 4.69) is 5.92 Å². The molecule has 0 heterocycles. The van der Waals surface area contributed by atoms with Crippen molar-refractivity contribution in [2.75, 3.05) is 27.3 Å². The molecule has 0 saturated heterocycles. The fourth-order valence-corrected chi connectivity index (χ4v) is 1.78. The summed E-state index contributed by atoms with van der Waals surface area (Å²) < 4.78 is 10.3. The van der Waals surface area contributed by atoms with Gasteiger partial charge >= 0.3 is 0 Å². The van der Waals surface area contributed by atoms with Gasteiger partial charge in [0.05, 0.1) is 26.3 Å². The molecule has 0 unspecified atom stereocenters. The monoisotopic (exact) mass is 261 g/mol.